The van der Waals surface area contributed by atoms with Crippen molar-refractivity contribution < 1.29 is 24.1 Å². The third-order valence-corrected chi connectivity index (χ3v) is 2.35. The summed E-state index contributed by atoms with van der Waals surface area (Å²) in [6.45, 7) is 0. The lowest BCUT2D eigenvalue weighted by Crippen LogP contribution is -1.95. The predicted molar refractivity (Wildman–Crippen MR) is 59.2 cm³/mol. The van der Waals surface area contributed by atoms with E-state index < -0.39 is 11.8 Å². The van der Waals surface area contributed by atoms with Crippen molar-refractivity contribution in [1.29, 1.82) is 0 Å². The zero-order valence-corrected chi connectivity index (χ0v) is 9.27. The van der Waals surface area contributed by atoms with Crippen molar-refractivity contribution in [3.63, 3.8) is 0 Å². The summed E-state index contributed by atoms with van der Waals surface area (Å²) in [6, 6.07) is 3.35. The maximum absolute atomic E-state index is 13.3. The Morgan fingerprint density at radius 1 is 1.44 bits per heavy atom. The van der Waals surface area contributed by atoms with Gasteiger partial charge in [0, 0.05) is 11.6 Å². The molecule has 0 saturated heterocycles. The molecule has 0 unspecified atom stereocenters. The predicted octanol–water partition coefficient (Wildman–Crippen LogP) is 1.63. The summed E-state index contributed by atoms with van der Waals surface area (Å²) in [7, 11) is 1.28. The van der Waals surface area contributed by atoms with Crippen molar-refractivity contribution in [2.45, 2.75) is 0 Å². The summed E-state index contributed by atoms with van der Waals surface area (Å²) in [6.07, 6.45) is 0. The molecule has 1 aromatic carbocycles. The zero-order chi connectivity index (χ0) is 13.3. The number of carboxylic acids is 1. The Morgan fingerprint density at radius 3 is 2.72 bits per heavy atom. The van der Waals surface area contributed by atoms with E-state index in [1.165, 1.54) is 19.2 Å². The van der Waals surface area contributed by atoms with Crippen LogP contribution in [-0.4, -0.2) is 33.5 Å². The Kier molecular flexibility index (Phi) is 2.88. The normalized spacial score (nSPS) is 10.3. The van der Waals surface area contributed by atoms with Crippen molar-refractivity contribution in [1.82, 2.24) is 10.2 Å². The van der Waals surface area contributed by atoms with Gasteiger partial charge >= 0.3 is 5.97 Å². The highest BCUT2D eigenvalue weighted by Crippen LogP contribution is 2.33. The SMILES string of the molecule is COc1cc(-c2cc(C(=O)O)[nH]n2)c(O)cc1F. The molecule has 0 saturated carbocycles. The number of rotatable bonds is 3. The molecule has 0 aliphatic rings. The topological polar surface area (TPSA) is 95.4 Å². The van der Waals surface area contributed by atoms with Crippen molar-refractivity contribution in [2.24, 2.45) is 0 Å². The van der Waals surface area contributed by atoms with Crippen LogP contribution >= 0.6 is 0 Å². The number of carboxylic acid groups (broad SMARTS) is 1. The third-order valence-electron chi connectivity index (χ3n) is 2.35. The van der Waals surface area contributed by atoms with Gasteiger partial charge in [-0.3, -0.25) is 5.10 Å². The molecular weight excluding hydrogens is 243 g/mol. The molecule has 1 heterocycles. The number of aromatic hydroxyl groups is 1. The Labute approximate surface area is 101 Å². The number of hydrogen-bond donors (Lipinski definition) is 3. The van der Waals surface area contributed by atoms with Crippen molar-refractivity contribution >= 4 is 5.97 Å². The fourth-order valence-electron chi connectivity index (χ4n) is 1.47. The minimum Gasteiger partial charge on any atom is -0.507 e. The summed E-state index contributed by atoms with van der Waals surface area (Å²) in [4.78, 5) is 10.7. The third kappa shape index (κ3) is 1.97. The fraction of sp³-hybridized carbons (Fsp3) is 0.0909. The van der Waals surface area contributed by atoms with Crippen molar-refractivity contribution in [3.05, 3.63) is 29.7 Å². The van der Waals surface area contributed by atoms with Gasteiger partial charge in [-0.25, -0.2) is 9.18 Å². The van der Waals surface area contributed by atoms with Gasteiger partial charge < -0.3 is 14.9 Å². The first kappa shape index (κ1) is 11.9. The van der Waals surface area contributed by atoms with Crippen LogP contribution in [0.2, 0.25) is 0 Å². The number of phenols is 1. The Balaban J connectivity index is 2.52. The molecule has 0 aliphatic carbocycles. The lowest BCUT2D eigenvalue weighted by atomic mass is 10.1. The summed E-state index contributed by atoms with van der Waals surface area (Å²) in [5.41, 5.74) is 0.230. The van der Waals surface area contributed by atoms with Gasteiger partial charge in [0.15, 0.2) is 11.6 Å². The van der Waals surface area contributed by atoms with Crippen LogP contribution in [0.5, 0.6) is 11.5 Å². The van der Waals surface area contributed by atoms with E-state index in [1.807, 2.05) is 0 Å². The number of H-pyrrole nitrogens is 1. The second-order valence-corrected chi connectivity index (χ2v) is 3.48. The van der Waals surface area contributed by atoms with Crippen LogP contribution in [0.4, 0.5) is 4.39 Å². The summed E-state index contributed by atoms with van der Waals surface area (Å²) < 4.78 is 18.0. The Morgan fingerprint density at radius 2 is 2.17 bits per heavy atom. The van der Waals surface area contributed by atoms with Gasteiger partial charge in [0.25, 0.3) is 0 Å². The van der Waals surface area contributed by atoms with Crippen LogP contribution in [-0.2, 0) is 0 Å². The Bertz CT molecular complexity index is 609. The lowest BCUT2D eigenvalue weighted by molar-refractivity contribution is 0.0690. The highest BCUT2D eigenvalue weighted by molar-refractivity contribution is 5.87. The summed E-state index contributed by atoms with van der Waals surface area (Å²) >= 11 is 0. The van der Waals surface area contributed by atoms with E-state index in [2.05, 4.69) is 10.2 Å². The molecule has 0 spiro atoms. The number of aromatic nitrogens is 2. The molecule has 18 heavy (non-hydrogen) atoms. The molecule has 0 amide bonds. The van der Waals surface area contributed by atoms with Crippen molar-refractivity contribution in [2.75, 3.05) is 7.11 Å². The highest BCUT2D eigenvalue weighted by Gasteiger charge is 2.15. The number of methoxy groups -OCH3 is 1. The second-order valence-electron chi connectivity index (χ2n) is 3.48. The van der Waals surface area contributed by atoms with Crippen LogP contribution < -0.4 is 4.74 Å². The largest absolute Gasteiger partial charge is 0.507 e. The number of aromatic amines is 1. The van der Waals surface area contributed by atoms with Crippen LogP contribution in [0.15, 0.2) is 18.2 Å². The number of nitrogens with one attached hydrogen (secondary N) is 1. The van der Waals surface area contributed by atoms with E-state index in [9.17, 15) is 14.3 Å². The number of halogens is 1. The molecule has 2 rings (SSSR count). The molecule has 6 nitrogen and oxygen atoms in total. The minimum absolute atomic E-state index is 0.0670. The molecule has 0 bridgehead atoms. The average Bonchev–Trinajstić information content (AvgIpc) is 2.78. The number of nitrogens with zero attached hydrogens (tertiary/aromatic N) is 1. The molecule has 7 heteroatoms. The second kappa shape index (κ2) is 4.36. The number of benzene rings is 1. The van der Waals surface area contributed by atoms with Gasteiger partial charge in [0.1, 0.15) is 11.4 Å². The molecule has 1 aromatic heterocycles. The molecule has 0 atom stereocenters. The fourth-order valence-corrected chi connectivity index (χ4v) is 1.47. The van der Waals surface area contributed by atoms with Crippen molar-refractivity contribution in [3.8, 4) is 22.8 Å². The first-order valence-corrected chi connectivity index (χ1v) is 4.88. The van der Waals surface area contributed by atoms with E-state index in [1.54, 1.807) is 0 Å². The lowest BCUT2D eigenvalue weighted by Gasteiger charge is -2.06. The number of hydrogen-bond acceptors (Lipinski definition) is 4. The molecule has 3 N–H and O–H groups in total. The number of aromatic carboxylic acids is 1. The maximum atomic E-state index is 13.3. The monoisotopic (exact) mass is 252 g/mol. The number of phenolic OH excluding ortho intramolecular Hbond substituents is 1. The molecule has 0 fully saturated rings. The minimum atomic E-state index is -1.18. The number of ether oxygens (including phenoxy) is 1. The van der Waals surface area contributed by atoms with Crippen LogP contribution in [0.25, 0.3) is 11.3 Å². The molecule has 0 aliphatic heterocycles. The first-order valence-electron chi connectivity index (χ1n) is 4.88. The van der Waals surface area contributed by atoms with E-state index in [0.717, 1.165) is 6.07 Å². The average molecular weight is 252 g/mol. The van der Waals surface area contributed by atoms with Crippen LogP contribution in [0.1, 0.15) is 10.5 Å². The van der Waals surface area contributed by atoms with Gasteiger partial charge in [-0.1, -0.05) is 0 Å². The zero-order valence-electron chi connectivity index (χ0n) is 9.27. The van der Waals surface area contributed by atoms with E-state index in [4.69, 9.17) is 9.84 Å². The maximum Gasteiger partial charge on any atom is 0.353 e. The molecule has 2 aromatic rings. The highest BCUT2D eigenvalue weighted by atomic mass is 19.1. The van der Waals surface area contributed by atoms with E-state index in [-0.39, 0.29) is 28.5 Å². The van der Waals surface area contributed by atoms with Gasteiger partial charge in [-0.15, -0.1) is 0 Å². The summed E-state index contributed by atoms with van der Waals surface area (Å²) in [5.74, 6) is -2.31. The Hall–Kier alpha value is -2.57. The number of carbonyl (C=O) groups is 1. The van der Waals surface area contributed by atoms with Crippen LogP contribution in [0, 0.1) is 5.82 Å². The smallest absolute Gasteiger partial charge is 0.353 e. The van der Waals surface area contributed by atoms with E-state index in [0.29, 0.717) is 0 Å². The van der Waals surface area contributed by atoms with Gasteiger partial charge in [0.05, 0.1) is 12.8 Å². The standard InChI is InChI=1S/C11H9FN2O4/c1-18-10-2-5(9(15)3-6(10)12)7-4-8(11(16)17)14-13-7/h2-4,15H,1H3,(H,13,14)(H,16,17). The van der Waals surface area contributed by atoms with Gasteiger partial charge in [-0.2, -0.15) is 5.10 Å². The molecule has 94 valence electrons. The van der Waals surface area contributed by atoms with Crippen LogP contribution in [0.3, 0.4) is 0 Å². The van der Waals surface area contributed by atoms with Gasteiger partial charge in [0.2, 0.25) is 0 Å². The summed E-state index contributed by atoms with van der Waals surface area (Å²) in [5, 5.41) is 24.4. The molecular formula is C11H9FN2O4. The molecule has 0 radical (unpaired) electrons. The van der Waals surface area contributed by atoms with Gasteiger partial charge in [-0.05, 0) is 12.1 Å². The quantitative estimate of drug-likeness (QED) is 0.771. The first-order chi connectivity index (χ1) is 8.52. The van der Waals surface area contributed by atoms with E-state index >= 15 is 0 Å².